The molecule has 152 valence electrons. The molecule has 2 aliphatic heterocycles. The van der Waals surface area contributed by atoms with Crippen LogP contribution in [-0.2, 0) is 14.3 Å². The molecule has 11 heteroatoms. The van der Waals surface area contributed by atoms with Crippen LogP contribution in [0.1, 0.15) is 24.8 Å². The molecule has 3 rings (SSSR count). The molecule has 8 nitrogen and oxygen atoms in total. The average molecular weight is 414 g/mol. The SMILES string of the molecule is COC(=O)C1=C(CN2CC(F)(F)CCC2C(=O)O)NC(c2nccs2)=NC1C. The monoisotopic (exact) mass is 414 g/mol. The van der Waals surface area contributed by atoms with Gasteiger partial charge in [-0.15, -0.1) is 11.3 Å². The van der Waals surface area contributed by atoms with Crippen molar-refractivity contribution in [2.45, 2.75) is 37.8 Å². The zero-order valence-electron chi connectivity index (χ0n) is 15.3. The maximum atomic E-state index is 13.9. The van der Waals surface area contributed by atoms with E-state index in [0.717, 1.165) is 0 Å². The lowest BCUT2D eigenvalue weighted by Gasteiger charge is -2.38. The lowest BCUT2D eigenvalue weighted by atomic mass is 9.97. The zero-order chi connectivity index (χ0) is 20.5. The Kier molecular flexibility index (Phi) is 5.75. The number of esters is 1. The maximum Gasteiger partial charge on any atom is 0.337 e. The Morgan fingerprint density at radius 2 is 2.25 bits per heavy atom. The van der Waals surface area contributed by atoms with Crippen LogP contribution in [0.5, 0.6) is 0 Å². The van der Waals surface area contributed by atoms with Crippen LogP contribution >= 0.6 is 11.3 Å². The number of thiazole rings is 1. The van der Waals surface area contributed by atoms with Crippen LogP contribution in [0.3, 0.4) is 0 Å². The van der Waals surface area contributed by atoms with Crippen molar-refractivity contribution in [2.24, 2.45) is 4.99 Å². The van der Waals surface area contributed by atoms with Crippen molar-refractivity contribution in [1.82, 2.24) is 15.2 Å². The van der Waals surface area contributed by atoms with Gasteiger partial charge >= 0.3 is 11.9 Å². The molecule has 0 aromatic carbocycles. The summed E-state index contributed by atoms with van der Waals surface area (Å²) in [5.41, 5.74) is 0.476. The van der Waals surface area contributed by atoms with E-state index in [1.54, 1.807) is 18.5 Å². The number of hydrogen-bond donors (Lipinski definition) is 2. The fraction of sp³-hybridized carbons (Fsp3) is 0.529. The number of methoxy groups -OCH3 is 1. The second kappa shape index (κ2) is 7.92. The van der Waals surface area contributed by atoms with Crippen molar-refractivity contribution < 1.29 is 28.2 Å². The number of carbonyl (C=O) groups excluding carboxylic acids is 1. The van der Waals surface area contributed by atoms with E-state index in [4.69, 9.17) is 4.74 Å². The van der Waals surface area contributed by atoms with Gasteiger partial charge in [-0.3, -0.25) is 14.7 Å². The number of carbonyl (C=O) groups is 2. The summed E-state index contributed by atoms with van der Waals surface area (Å²) < 4.78 is 32.7. The van der Waals surface area contributed by atoms with Crippen molar-refractivity contribution in [3.63, 3.8) is 0 Å². The Hall–Kier alpha value is -2.40. The first kappa shape index (κ1) is 20.3. The Morgan fingerprint density at radius 1 is 1.50 bits per heavy atom. The highest BCUT2D eigenvalue weighted by Crippen LogP contribution is 2.31. The van der Waals surface area contributed by atoms with Crippen molar-refractivity contribution in [3.8, 4) is 0 Å². The third-order valence-corrected chi connectivity index (χ3v) is 5.46. The highest BCUT2D eigenvalue weighted by atomic mass is 32.1. The number of carboxylic acids is 1. The third kappa shape index (κ3) is 4.20. The van der Waals surface area contributed by atoms with Crippen LogP contribution in [0.25, 0.3) is 0 Å². The molecule has 0 spiro atoms. The lowest BCUT2D eigenvalue weighted by Crippen LogP contribution is -2.54. The zero-order valence-corrected chi connectivity index (χ0v) is 16.1. The second-order valence-corrected chi connectivity index (χ2v) is 7.55. The lowest BCUT2D eigenvalue weighted by molar-refractivity contribution is -0.151. The Morgan fingerprint density at radius 3 is 2.86 bits per heavy atom. The quantitative estimate of drug-likeness (QED) is 0.704. The molecule has 2 aliphatic rings. The highest BCUT2D eigenvalue weighted by Gasteiger charge is 2.43. The molecule has 0 aliphatic carbocycles. The smallest absolute Gasteiger partial charge is 0.337 e. The number of rotatable bonds is 5. The number of likely N-dealkylation sites (tertiary alicyclic amines) is 1. The Bertz CT molecular complexity index is 825. The van der Waals surface area contributed by atoms with Crippen LogP contribution in [-0.4, -0.2) is 71.0 Å². The highest BCUT2D eigenvalue weighted by molar-refractivity contribution is 7.11. The number of aromatic nitrogens is 1. The number of halogens is 2. The first-order valence-electron chi connectivity index (χ1n) is 8.62. The molecule has 1 fully saturated rings. The Labute approximate surface area is 163 Å². The fourth-order valence-electron chi connectivity index (χ4n) is 3.40. The van der Waals surface area contributed by atoms with Gasteiger partial charge in [0.15, 0.2) is 10.8 Å². The third-order valence-electron chi connectivity index (χ3n) is 4.68. The van der Waals surface area contributed by atoms with Crippen LogP contribution in [0.4, 0.5) is 8.78 Å². The molecule has 0 saturated carbocycles. The van der Waals surface area contributed by atoms with E-state index < -0.39 is 42.9 Å². The summed E-state index contributed by atoms with van der Waals surface area (Å²) in [7, 11) is 1.22. The summed E-state index contributed by atoms with van der Waals surface area (Å²) in [6.07, 6.45) is 0.935. The number of hydrogen-bond acceptors (Lipinski definition) is 8. The number of nitrogens with one attached hydrogen (secondary N) is 1. The van der Waals surface area contributed by atoms with Crippen LogP contribution in [0.15, 0.2) is 27.8 Å². The minimum atomic E-state index is -3.00. The molecule has 2 atom stereocenters. The molecule has 3 heterocycles. The molecule has 0 bridgehead atoms. The molecular weight excluding hydrogens is 394 g/mol. The predicted molar refractivity (Wildman–Crippen MR) is 97.5 cm³/mol. The van der Waals surface area contributed by atoms with Gasteiger partial charge in [-0.25, -0.2) is 18.6 Å². The van der Waals surface area contributed by atoms with Crippen molar-refractivity contribution in [1.29, 1.82) is 0 Å². The van der Waals surface area contributed by atoms with Crippen LogP contribution < -0.4 is 5.32 Å². The predicted octanol–water partition coefficient (Wildman–Crippen LogP) is 1.49. The van der Waals surface area contributed by atoms with Crippen LogP contribution in [0, 0.1) is 0 Å². The summed E-state index contributed by atoms with van der Waals surface area (Å²) in [5, 5.41) is 14.8. The molecule has 0 radical (unpaired) electrons. The normalized spacial score (nSPS) is 25.1. The van der Waals surface area contributed by atoms with Crippen molar-refractivity contribution in [3.05, 3.63) is 27.9 Å². The molecule has 2 N–H and O–H groups in total. The molecule has 1 aromatic rings. The number of piperidine rings is 1. The van der Waals surface area contributed by atoms with Gasteiger partial charge < -0.3 is 15.2 Å². The van der Waals surface area contributed by atoms with Crippen LogP contribution in [0.2, 0.25) is 0 Å². The standard InChI is InChI=1S/C17H20F2N4O4S/c1-9-12(16(26)27-2)10(22-13(21-9)14-20-5-6-28-14)7-23-8-17(18,19)4-3-11(23)15(24)25/h5-6,9,11H,3-4,7-8H2,1-2H3,(H,21,22)(H,24,25). The number of amidine groups is 1. The number of alkyl halides is 2. The van der Waals surface area contributed by atoms with Gasteiger partial charge in [0.05, 0.1) is 25.3 Å². The molecular formula is C17H20F2N4O4S. The number of nitrogens with zero attached hydrogens (tertiary/aromatic N) is 3. The first-order valence-corrected chi connectivity index (χ1v) is 9.50. The number of carboxylic acid groups (broad SMARTS) is 1. The summed E-state index contributed by atoms with van der Waals surface area (Å²) in [4.78, 5) is 33.6. The van der Waals surface area contributed by atoms with E-state index in [9.17, 15) is 23.5 Å². The number of aliphatic carboxylic acids is 1. The van der Waals surface area contributed by atoms with Gasteiger partial charge in [-0.1, -0.05) is 0 Å². The second-order valence-electron chi connectivity index (χ2n) is 6.65. The van der Waals surface area contributed by atoms with Crippen molar-refractivity contribution in [2.75, 3.05) is 20.2 Å². The van der Waals surface area contributed by atoms with E-state index in [0.29, 0.717) is 16.5 Å². The minimum absolute atomic E-state index is 0.174. The van der Waals surface area contributed by atoms with E-state index in [-0.39, 0.29) is 18.5 Å². The minimum Gasteiger partial charge on any atom is -0.480 e. The van der Waals surface area contributed by atoms with E-state index in [1.165, 1.54) is 23.3 Å². The van der Waals surface area contributed by atoms with Gasteiger partial charge in [-0.05, 0) is 13.3 Å². The average Bonchev–Trinajstić information content (AvgIpc) is 3.14. The van der Waals surface area contributed by atoms with Gasteiger partial charge in [-0.2, -0.15) is 0 Å². The largest absolute Gasteiger partial charge is 0.480 e. The van der Waals surface area contributed by atoms with E-state index in [1.807, 2.05) is 0 Å². The van der Waals surface area contributed by atoms with Gasteiger partial charge in [0, 0.05) is 30.2 Å². The van der Waals surface area contributed by atoms with E-state index >= 15 is 0 Å². The van der Waals surface area contributed by atoms with E-state index in [2.05, 4.69) is 15.3 Å². The fourth-order valence-corrected chi connectivity index (χ4v) is 3.98. The maximum absolute atomic E-state index is 13.9. The Balaban J connectivity index is 1.94. The first-order chi connectivity index (χ1) is 13.2. The molecule has 1 saturated heterocycles. The van der Waals surface area contributed by atoms with Gasteiger partial charge in [0.2, 0.25) is 0 Å². The summed E-state index contributed by atoms with van der Waals surface area (Å²) in [5.74, 6) is -4.41. The number of aliphatic imine (C=N–C) groups is 1. The van der Waals surface area contributed by atoms with Gasteiger partial charge in [0.25, 0.3) is 5.92 Å². The number of ether oxygens (including phenoxy) is 1. The summed E-state index contributed by atoms with van der Waals surface area (Å²) >= 11 is 1.33. The van der Waals surface area contributed by atoms with Gasteiger partial charge in [0.1, 0.15) is 6.04 Å². The molecule has 0 amide bonds. The topological polar surface area (TPSA) is 104 Å². The summed E-state index contributed by atoms with van der Waals surface area (Å²) in [6, 6.07) is -1.67. The summed E-state index contributed by atoms with van der Waals surface area (Å²) in [6.45, 7) is 0.799. The molecule has 1 aromatic heterocycles. The molecule has 2 unspecified atom stereocenters. The van der Waals surface area contributed by atoms with Crippen molar-refractivity contribution >= 4 is 29.1 Å². The molecule has 28 heavy (non-hydrogen) atoms.